The van der Waals surface area contributed by atoms with Crippen molar-refractivity contribution in [2.24, 2.45) is 0 Å². The van der Waals surface area contributed by atoms with Crippen LogP contribution in [-0.2, 0) is 11.0 Å². The fraction of sp³-hybridized carbons (Fsp3) is 0.211. The number of benzene rings is 2. The van der Waals surface area contributed by atoms with Crippen LogP contribution >= 0.6 is 0 Å². The van der Waals surface area contributed by atoms with Crippen LogP contribution < -0.4 is 10.1 Å². The van der Waals surface area contributed by atoms with Gasteiger partial charge in [-0.1, -0.05) is 37.3 Å². The fourth-order valence-electron chi connectivity index (χ4n) is 2.14. The second kappa shape index (κ2) is 8.37. The van der Waals surface area contributed by atoms with E-state index >= 15 is 0 Å². The van der Waals surface area contributed by atoms with Crippen molar-refractivity contribution in [2.45, 2.75) is 19.5 Å². The lowest BCUT2D eigenvalue weighted by molar-refractivity contribution is -0.136. The SMILES string of the molecule is CCCOc1ccccc1/C=C/C(=O)Nc1ccccc1C(F)(F)F. The van der Waals surface area contributed by atoms with Gasteiger partial charge in [-0.25, -0.2) is 0 Å². The Hall–Kier alpha value is -2.76. The van der Waals surface area contributed by atoms with E-state index in [2.05, 4.69) is 5.32 Å². The predicted molar refractivity (Wildman–Crippen MR) is 91.3 cm³/mol. The van der Waals surface area contributed by atoms with Gasteiger partial charge in [0, 0.05) is 11.6 Å². The van der Waals surface area contributed by atoms with Crippen molar-refractivity contribution in [3.8, 4) is 5.75 Å². The highest BCUT2D eigenvalue weighted by atomic mass is 19.4. The molecule has 2 rings (SSSR count). The van der Waals surface area contributed by atoms with Gasteiger partial charge in [0.2, 0.25) is 5.91 Å². The standard InChI is InChI=1S/C19H18F3NO2/c1-2-13-25-17-10-6-3-7-14(17)11-12-18(24)23-16-9-5-4-8-15(16)19(20,21)22/h3-12H,2,13H2,1H3,(H,23,24)/b12-11+. The Labute approximate surface area is 144 Å². The monoisotopic (exact) mass is 349 g/mol. The fourth-order valence-corrected chi connectivity index (χ4v) is 2.14. The number of nitrogens with one attached hydrogen (secondary N) is 1. The summed E-state index contributed by atoms with van der Waals surface area (Å²) in [6, 6.07) is 12.0. The first-order valence-corrected chi connectivity index (χ1v) is 7.79. The number of hydrogen-bond acceptors (Lipinski definition) is 2. The summed E-state index contributed by atoms with van der Waals surface area (Å²) in [5.74, 6) is -0.0360. The van der Waals surface area contributed by atoms with Gasteiger partial charge < -0.3 is 10.1 Å². The van der Waals surface area contributed by atoms with Crippen LogP contribution in [0.15, 0.2) is 54.6 Å². The lowest BCUT2D eigenvalue weighted by Crippen LogP contribution is -2.14. The van der Waals surface area contributed by atoms with Crippen molar-refractivity contribution in [1.82, 2.24) is 0 Å². The first-order valence-electron chi connectivity index (χ1n) is 7.79. The average Bonchev–Trinajstić information content (AvgIpc) is 2.58. The Kier molecular flexibility index (Phi) is 6.22. The number of para-hydroxylation sites is 2. The largest absolute Gasteiger partial charge is 0.493 e. The zero-order chi connectivity index (χ0) is 18.3. The van der Waals surface area contributed by atoms with E-state index in [0.717, 1.165) is 12.5 Å². The molecule has 25 heavy (non-hydrogen) atoms. The Balaban J connectivity index is 2.13. The van der Waals surface area contributed by atoms with Crippen molar-refractivity contribution in [2.75, 3.05) is 11.9 Å². The van der Waals surface area contributed by atoms with Crippen LogP contribution in [0.4, 0.5) is 18.9 Å². The molecule has 0 saturated heterocycles. The third-order valence-corrected chi connectivity index (χ3v) is 3.29. The Morgan fingerprint density at radius 1 is 1.12 bits per heavy atom. The van der Waals surface area contributed by atoms with E-state index in [1.165, 1.54) is 30.4 Å². The summed E-state index contributed by atoms with van der Waals surface area (Å²) >= 11 is 0. The molecule has 0 radical (unpaired) electrons. The number of rotatable bonds is 6. The molecule has 2 aromatic carbocycles. The van der Waals surface area contributed by atoms with E-state index in [-0.39, 0.29) is 5.69 Å². The summed E-state index contributed by atoms with van der Waals surface area (Å²) in [5.41, 5.74) is -0.487. The molecular weight excluding hydrogens is 331 g/mol. The smallest absolute Gasteiger partial charge is 0.418 e. The van der Waals surface area contributed by atoms with E-state index < -0.39 is 17.6 Å². The average molecular weight is 349 g/mol. The van der Waals surface area contributed by atoms with E-state index in [0.29, 0.717) is 17.9 Å². The van der Waals surface area contributed by atoms with E-state index in [9.17, 15) is 18.0 Å². The van der Waals surface area contributed by atoms with Gasteiger partial charge in [0.05, 0.1) is 17.9 Å². The molecule has 0 unspecified atom stereocenters. The molecule has 3 nitrogen and oxygen atoms in total. The highest BCUT2D eigenvalue weighted by molar-refractivity contribution is 6.02. The van der Waals surface area contributed by atoms with Crippen LogP contribution in [0.2, 0.25) is 0 Å². The van der Waals surface area contributed by atoms with Crippen LogP contribution in [0.3, 0.4) is 0 Å². The quantitative estimate of drug-likeness (QED) is 0.733. The minimum absolute atomic E-state index is 0.278. The second-order valence-corrected chi connectivity index (χ2v) is 5.25. The molecule has 0 aliphatic heterocycles. The van der Waals surface area contributed by atoms with Gasteiger partial charge in [-0.3, -0.25) is 4.79 Å². The Morgan fingerprint density at radius 3 is 2.52 bits per heavy atom. The topological polar surface area (TPSA) is 38.3 Å². The highest BCUT2D eigenvalue weighted by Crippen LogP contribution is 2.34. The summed E-state index contributed by atoms with van der Waals surface area (Å²) in [6.45, 7) is 2.51. The van der Waals surface area contributed by atoms with Crippen LogP contribution in [0.5, 0.6) is 5.75 Å². The van der Waals surface area contributed by atoms with E-state index in [1.807, 2.05) is 13.0 Å². The van der Waals surface area contributed by atoms with Gasteiger partial charge in [0.25, 0.3) is 0 Å². The lowest BCUT2D eigenvalue weighted by Gasteiger charge is -2.12. The predicted octanol–water partition coefficient (Wildman–Crippen LogP) is 5.15. The van der Waals surface area contributed by atoms with E-state index in [4.69, 9.17) is 4.74 Å². The maximum Gasteiger partial charge on any atom is 0.418 e. The van der Waals surface area contributed by atoms with Gasteiger partial charge in [-0.15, -0.1) is 0 Å². The number of carbonyl (C=O) groups excluding carboxylic acids is 1. The zero-order valence-corrected chi connectivity index (χ0v) is 13.6. The van der Waals surface area contributed by atoms with Crippen LogP contribution in [0.1, 0.15) is 24.5 Å². The first kappa shape index (κ1) is 18.6. The van der Waals surface area contributed by atoms with Crippen molar-refractivity contribution >= 4 is 17.7 Å². The molecule has 0 aromatic heterocycles. The maximum atomic E-state index is 12.9. The van der Waals surface area contributed by atoms with Gasteiger partial charge >= 0.3 is 6.18 Å². The number of ether oxygens (including phenoxy) is 1. The number of anilines is 1. The zero-order valence-electron chi connectivity index (χ0n) is 13.6. The molecular formula is C19H18F3NO2. The molecule has 132 valence electrons. The van der Waals surface area contributed by atoms with Crippen molar-refractivity contribution in [3.63, 3.8) is 0 Å². The highest BCUT2D eigenvalue weighted by Gasteiger charge is 2.33. The summed E-state index contributed by atoms with van der Waals surface area (Å²) < 4.78 is 44.4. The number of halogens is 3. The minimum atomic E-state index is -4.53. The van der Waals surface area contributed by atoms with Crippen molar-refractivity contribution in [1.29, 1.82) is 0 Å². The summed E-state index contributed by atoms with van der Waals surface area (Å²) in [7, 11) is 0. The molecule has 0 spiro atoms. The number of amides is 1. The number of carbonyl (C=O) groups is 1. The first-order chi connectivity index (χ1) is 11.9. The molecule has 0 atom stereocenters. The van der Waals surface area contributed by atoms with Gasteiger partial charge in [0.1, 0.15) is 5.75 Å². The Morgan fingerprint density at radius 2 is 1.80 bits per heavy atom. The minimum Gasteiger partial charge on any atom is -0.493 e. The molecule has 0 saturated carbocycles. The normalized spacial score (nSPS) is 11.5. The molecule has 0 bridgehead atoms. The molecule has 0 heterocycles. The molecule has 1 amide bonds. The Bertz CT molecular complexity index is 754. The molecule has 1 N–H and O–H groups in total. The number of hydrogen-bond donors (Lipinski definition) is 1. The molecule has 2 aromatic rings. The van der Waals surface area contributed by atoms with Crippen molar-refractivity contribution < 1.29 is 22.7 Å². The third kappa shape index (κ3) is 5.38. The van der Waals surface area contributed by atoms with Gasteiger partial charge in [-0.2, -0.15) is 13.2 Å². The molecule has 0 aliphatic carbocycles. The van der Waals surface area contributed by atoms with Gasteiger partial charge in [0.15, 0.2) is 0 Å². The van der Waals surface area contributed by atoms with Crippen molar-refractivity contribution in [3.05, 3.63) is 65.7 Å². The number of alkyl halides is 3. The van der Waals surface area contributed by atoms with E-state index in [1.54, 1.807) is 18.2 Å². The summed E-state index contributed by atoms with van der Waals surface area (Å²) in [5, 5.41) is 2.26. The molecule has 0 aliphatic rings. The second-order valence-electron chi connectivity index (χ2n) is 5.25. The molecule has 0 fully saturated rings. The summed E-state index contributed by atoms with van der Waals surface area (Å²) in [6.07, 6.45) is -1.00. The van der Waals surface area contributed by atoms with Gasteiger partial charge in [-0.05, 0) is 30.7 Å². The van der Waals surface area contributed by atoms with Crippen LogP contribution in [-0.4, -0.2) is 12.5 Å². The maximum absolute atomic E-state index is 12.9. The summed E-state index contributed by atoms with van der Waals surface area (Å²) in [4.78, 5) is 12.0. The van der Waals surface area contributed by atoms with Crippen LogP contribution in [0, 0.1) is 0 Å². The van der Waals surface area contributed by atoms with Crippen LogP contribution in [0.25, 0.3) is 6.08 Å². The molecule has 6 heteroatoms. The third-order valence-electron chi connectivity index (χ3n) is 3.29. The lowest BCUT2D eigenvalue weighted by atomic mass is 10.1.